The largest absolute Gasteiger partial charge is 0.314 e. The topological polar surface area (TPSA) is 39.1 Å². The van der Waals surface area contributed by atoms with Crippen molar-refractivity contribution in [1.29, 1.82) is 5.26 Å². The molecule has 0 saturated carbocycles. The maximum atomic E-state index is 8.69. The highest BCUT2D eigenvalue weighted by Crippen LogP contribution is 2.16. The van der Waals surface area contributed by atoms with E-state index >= 15 is 0 Å². The van der Waals surface area contributed by atoms with Gasteiger partial charge < -0.3 is 5.32 Å². The van der Waals surface area contributed by atoms with Crippen LogP contribution in [0.15, 0.2) is 11.4 Å². The summed E-state index contributed by atoms with van der Waals surface area (Å²) in [5.41, 5.74) is 0.792. The first-order valence-electron chi connectivity index (χ1n) is 4.79. The van der Waals surface area contributed by atoms with Gasteiger partial charge in [-0.15, -0.1) is 11.3 Å². The van der Waals surface area contributed by atoms with Crippen LogP contribution in [0.1, 0.15) is 10.4 Å². The number of hydrogen-bond acceptors (Lipinski definition) is 4. The van der Waals surface area contributed by atoms with Crippen molar-refractivity contribution in [2.24, 2.45) is 0 Å². The summed E-state index contributed by atoms with van der Waals surface area (Å²) in [4.78, 5) is 3.71. The molecule has 1 N–H and O–H groups in total. The molecule has 1 aliphatic rings. The molecule has 74 valence electrons. The van der Waals surface area contributed by atoms with Gasteiger partial charge in [-0.25, -0.2) is 0 Å². The highest BCUT2D eigenvalue weighted by molar-refractivity contribution is 7.10. The third-order valence-electron chi connectivity index (χ3n) is 2.37. The zero-order valence-corrected chi connectivity index (χ0v) is 8.81. The Morgan fingerprint density at radius 3 is 2.93 bits per heavy atom. The Kier molecular flexibility index (Phi) is 3.14. The molecule has 4 heteroatoms. The van der Waals surface area contributed by atoms with Gasteiger partial charge in [0.1, 0.15) is 6.07 Å². The van der Waals surface area contributed by atoms with E-state index in [1.165, 1.54) is 4.88 Å². The summed E-state index contributed by atoms with van der Waals surface area (Å²) in [5.74, 6) is 0. The summed E-state index contributed by atoms with van der Waals surface area (Å²) in [5, 5.41) is 13.9. The van der Waals surface area contributed by atoms with E-state index in [9.17, 15) is 0 Å². The van der Waals surface area contributed by atoms with Crippen LogP contribution in [0, 0.1) is 11.3 Å². The molecule has 1 saturated heterocycles. The van der Waals surface area contributed by atoms with Crippen molar-refractivity contribution < 1.29 is 0 Å². The van der Waals surface area contributed by atoms with E-state index < -0.39 is 0 Å². The van der Waals surface area contributed by atoms with Crippen LogP contribution >= 0.6 is 11.3 Å². The maximum absolute atomic E-state index is 8.69. The average molecular weight is 207 g/mol. The molecule has 0 aromatic carbocycles. The number of nitriles is 1. The summed E-state index contributed by atoms with van der Waals surface area (Å²) in [6.45, 7) is 5.38. The summed E-state index contributed by atoms with van der Waals surface area (Å²) >= 11 is 1.68. The van der Waals surface area contributed by atoms with E-state index in [2.05, 4.69) is 16.3 Å². The zero-order chi connectivity index (χ0) is 9.80. The van der Waals surface area contributed by atoms with Crippen LogP contribution in [0.2, 0.25) is 0 Å². The fraction of sp³-hybridized carbons (Fsp3) is 0.500. The predicted molar refractivity (Wildman–Crippen MR) is 57.2 cm³/mol. The molecule has 1 fully saturated rings. The Hall–Kier alpha value is -0.890. The van der Waals surface area contributed by atoms with E-state index in [0.717, 1.165) is 38.3 Å². The average Bonchev–Trinajstić information content (AvgIpc) is 2.67. The molecule has 1 aromatic rings. The molecule has 3 nitrogen and oxygen atoms in total. The molecular weight excluding hydrogens is 194 g/mol. The SMILES string of the molecule is N#Cc1csc(CN2CCNCC2)c1. The lowest BCUT2D eigenvalue weighted by atomic mass is 10.3. The van der Waals surface area contributed by atoms with Crippen LogP contribution in [0.25, 0.3) is 0 Å². The van der Waals surface area contributed by atoms with E-state index in [1.807, 2.05) is 11.4 Å². The van der Waals surface area contributed by atoms with Crippen LogP contribution in [-0.2, 0) is 6.54 Å². The molecule has 1 aromatic heterocycles. The lowest BCUT2D eigenvalue weighted by molar-refractivity contribution is 0.235. The van der Waals surface area contributed by atoms with Crippen LogP contribution in [-0.4, -0.2) is 31.1 Å². The van der Waals surface area contributed by atoms with Crippen molar-refractivity contribution in [3.8, 4) is 6.07 Å². The monoisotopic (exact) mass is 207 g/mol. The number of nitrogens with one attached hydrogen (secondary N) is 1. The zero-order valence-electron chi connectivity index (χ0n) is 7.99. The smallest absolute Gasteiger partial charge is 0.100 e. The van der Waals surface area contributed by atoms with E-state index in [1.54, 1.807) is 11.3 Å². The quantitative estimate of drug-likeness (QED) is 0.787. The van der Waals surface area contributed by atoms with Crippen molar-refractivity contribution in [3.05, 3.63) is 21.9 Å². The second kappa shape index (κ2) is 4.56. The van der Waals surface area contributed by atoms with Gasteiger partial charge in [-0.1, -0.05) is 0 Å². The van der Waals surface area contributed by atoms with Gasteiger partial charge in [-0.3, -0.25) is 4.90 Å². The van der Waals surface area contributed by atoms with Gasteiger partial charge in [0.25, 0.3) is 0 Å². The number of nitrogens with zero attached hydrogens (tertiary/aromatic N) is 2. The molecule has 1 aliphatic heterocycles. The van der Waals surface area contributed by atoms with E-state index in [-0.39, 0.29) is 0 Å². The van der Waals surface area contributed by atoms with Crippen LogP contribution in [0.4, 0.5) is 0 Å². The lowest BCUT2D eigenvalue weighted by Gasteiger charge is -2.26. The van der Waals surface area contributed by atoms with Crippen LogP contribution in [0.3, 0.4) is 0 Å². The molecule has 2 rings (SSSR count). The van der Waals surface area contributed by atoms with Gasteiger partial charge in [-0.2, -0.15) is 5.26 Å². The first-order valence-corrected chi connectivity index (χ1v) is 5.67. The lowest BCUT2D eigenvalue weighted by Crippen LogP contribution is -2.42. The summed E-state index contributed by atoms with van der Waals surface area (Å²) in [7, 11) is 0. The van der Waals surface area contributed by atoms with Crippen molar-refractivity contribution in [2.75, 3.05) is 26.2 Å². The minimum absolute atomic E-state index is 0.792. The van der Waals surface area contributed by atoms with Gasteiger partial charge in [0.15, 0.2) is 0 Å². The van der Waals surface area contributed by atoms with Crippen LogP contribution in [0.5, 0.6) is 0 Å². The molecule has 14 heavy (non-hydrogen) atoms. The molecular formula is C10H13N3S. The first kappa shape index (κ1) is 9.66. The second-order valence-electron chi connectivity index (χ2n) is 3.44. The molecule has 0 bridgehead atoms. The number of hydrogen-bond donors (Lipinski definition) is 1. The van der Waals surface area contributed by atoms with Crippen molar-refractivity contribution in [3.63, 3.8) is 0 Å². The standard InChI is InChI=1S/C10H13N3S/c11-6-9-5-10(14-8-9)7-13-3-1-12-2-4-13/h5,8,12H,1-4,7H2. The molecule has 0 unspecified atom stereocenters. The molecule has 0 atom stereocenters. The van der Waals surface area contributed by atoms with E-state index in [0.29, 0.717) is 0 Å². The molecule has 0 radical (unpaired) electrons. The highest BCUT2D eigenvalue weighted by Gasteiger charge is 2.10. The Morgan fingerprint density at radius 2 is 2.29 bits per heavy atom. The normalized spacial score (nSPS) is 17.9. The van der Waals surface area contributed by atoms with E-state index in [4.69, 9.17) is 5.26 Å². The Labute approximate surface area is 88.0 Å². The molecule has 0 amide bonds. The fourth-order valence-corrected chi connectivity index (χ4v) is 2.46. The first-order chi connectivity index (χ1) is 6.88. The maximum Gasteiger partial charge on any atom is 0.100 e. The fourth-order valence-electron chi connectivity index (χ4n) is 1.61. The third-order valence-corrected chi connectivity index (χ3v) is 3.29. The summed E-state index contributed by atoms with van der Waals surface area (Å²) in [6, 6.07) is 4.16. The van der Waals surface area contributed by atoms with Gasteiger partial charge in [-0.05, 0) is 6.07 Å². The van der Waals surface area contributed by atoms with Gasteiger partial charge in [0.2, 0.25) is 0 Å². The highest BCUT2D eigenvalue weighted by atomic mass is 32.1. The van der Waals surface area contributed by atoms with Gasteiger partial charge in [0, 0.05) is 43.0 Å². The summed E-state index contributed by atoms with van der Waals surface area (Å²) in [6.07, 6.45) is 0. The molecule has 0 spiro atoms. The second-order valence-corrected chi connectivity index (χ2v) is 4.44. The van der Waals surface area contributed by atoms with Crippen molar-refractivity contribution in [2.45, 2.75) is 6.54 Å². The summed E-state index contributed by atoms with van der Waals surface area (Å²) < 4.78 is 0. The molecule has 0 aliphatic carbocycles. The minimum atomic E-state index is 0.792. The Balaban J connectivity index is 1.93. The molecule has 2 heterocycles. The van der Waals surface area contributed by atoms with Crippen LogP contribution < -0.4 is 5.32 Å². The van der Waals surface area contributed by atoms with Crippen molar-refractivity contribution in [1.82, 2.24) is 10.2 Å². The van der Waals surface area contributed by atoms with Crippen molar-refractivity contribution >= 4 is 11.3 Å². The Morgan fingerprint density at radius 1 is 1.50 bits per heavy atom. The predicted octanol–water partition coefficient (Wildman–Crippen LogP) is 1.02. The number of piperazine rings is 1. The van der Waals surface area contributed by atoms with Gasteiger partial charge >= 0.3 is 0 Å². The minimum Gasteiger partial charge on any atom is -0.314 e. The number of rotatable bonds is 2. The third kappa shape index (κ3) is 2.32. The number of thiophene rings is 1. The van der Waals surface area contributed by atoms with Gasteiger partial charge in [0.05, 0.1) is 5.56 Å². The Bertz CT molecular complexity index is 333.